The van der Waals surface area contributed by atoms with Gasteiger partial charge in [-0.15, -0.1) is 0 Å². The van der Waals surface area contributed by atoms with Gasteiger partial charge >= 0.3 is 11.9 Å². The van der Waals surface area contributed by atoms with Crippen LogP contribution >= 0.6 is 0 Å². The van der Waals surface area contributed by atoms with Gasteiger partial charge in [-0.25, -0.2) is 13.2 Å². The molecule has 0 unspecified atom stereocenters. The lowest BCUT2D eigenvalue weighted by Crippen LogP contribution is -2.41. The van der Waals surface area contributed by atoms with Crippen LogP contribution in [0.25, 0.3) is 0 Å². The first-order valence-electron chi connectivity index (χ1n) is 6.22. The number of sulfonamides is 1. The first-order chi connectivity index (χ1) is 9.63. The van der Waals surface area contributed by atoms with Gasteiger partial charge < -0.3 is 10.2 Å². The molecule has 1 atom stereocenters. The van der Waals surface area contributed by atoms with Crippen molar-refractivity contribution in [1.82, 2.24) is 4.72 Å². The van der Waals surface area contributed by atoms with Gasteiger partial charge in [0.15, 0.2) is 0 Å². The van der Waals surface area contributed by atoms with Crippen LogP contribution in [-0.2, 0) is 14.8 Å². The van der Waals surface area contributed by atoms with Crippen LogP contribution in [0.3, 0.4) is 0 Å². The number of benzene rings is 1. The Morgan fingerprint density at radius 3 is 2.33 bits per heavy atom. The minimum absolute atomic E-state index is 0.0147. The highest BCUT2D eigenvalue weighted by molar-refractivity contribution is 7.89. The van der Waals surface area contributed by atoms with Gasteiger partial charge in [-0.2, -0.15) is 4.72 Å². The Kier molecular flexibility index (Phi) is 5.45. The molecule has 0 spiro atoms. The number of hydrogen-bond acceptors (Lipinski definition) is 4. The lowest BCUT2D eigenvalue weighted by molar-refractivity contribution is -0.139. The Labute approximate surface area is 122 Å². The number of carbonyl (C=O) groups is 2. The maximum atomic E-state index is 12.1. The van der Waals surface area contributed by atoms with Gasteiger partial charge in [-0.05, 0) is 30.5 Å². The molecule has 1 aromatic carbocycles. The van der Waals surface area contributed by atoms with Crippen molar-refractivity contribution in [2.75, 3.05) is 0 Å². The third-order valence-electron chi connectivity index (χ3n) is 2.69. The molecule has 0 heterocycles. The number of rotatable bonds is 7. The topological polar surface area (TPSA) is 121 Å². The normalized spacial score (nSPS) is 13.1. The second-order valence-corrected chi connectivity index (χ2v) is 6.69. The fourth-order valence-electron chi connectivity index (χ4n) is 1.72. The number of nitrogens with one attached hydrogen (secondary N) is 1. The summed E-state index contributed by atoms with van der Waals surface area (Å²) >= 11 is 0. The summed E-state index contributed by atoms with van der Waals surface area (Å²) in [5.41, 5.74) is -0.186. The van der Waals surface area contributed by atoms with E-state index >= 15 is 0 Å². The van der Waals surface area contributed by atoms with Crippen molar-refractivity contribution in [2.24, 2.45) is 5.92 Å². The number of carboxylic acids is 2. The number of aromatic carboxylic acids is 1. The van der Waals surface area contributed by atoms with Gasteiger partial charge in [0.25, 0.3) is 0 Å². The quantitative estimate of drug-likeness (QED) is 0.694. The van der Waals surface area contributed by atoms with E-state index in [1.54, 1.807) is 13.8 Å². The Balaban J connectivity index is 3.07. The summed E-state index contributed by atoms with van der Waals surface area (Å²) in [6.45, 7) is 3.55. The lowest BCUT2D eigenvalue weighted by atomic mass is 10.1. The standard InChI is InChI=1S/C13H17NO6S/c1-8(2)6-11(13(17)18)14-21(19,20)10-5-3-4-9(7-10)12(15)16/h3-5,7-8,11,14H,6H2,1-2H3,(H,15,16)(H,17,18)/t11-/m1/s1. The van der Waals surface area contributed by atoms with Crippen molar-refractivity contribution in [3.8, 4) is 0 Å². The SMILES string of the molecule is CC(C)C[C@@H](NS(=O)(=O)c1cccc(C(=O)O)c1)C(=O)O. The highest BCUT2D eigenvalue weighted by Gasteiger charge is 2.26. The van der Waals surface area contributed by atoms with E-state index in [4.69, 9.17) is 10.2 Å². The van der Waals surface area contributed by atoms with E-state index in [2.05, 4.69) is 4.72 Å². The van der Waals surface area contributed by atoms with Crippen molar-refractivity contribution in [1.29, 1.82) is 0 Å². The van der Waals surface area contributed by atoms with Crippen LogP contribution in [0.5, 0.6) is 0 Å². The van der Waals surface area contributed by atoms with Crippen molar-refractivity contribution in [3.63, 3.8) is 0 Å². The highest BCUT2D eigenvalue weighted by Crippen LogP contribution is 2.14. The molecule has 1 rings (SSSR count). The Hall–Kier alpha value is -1.93. The Morgan fingerprint density at radius 1 is 1.24 bits per heavy atom. The molecule has 3 N–H and O–H groups in total. The molecular formula is C13H17NO6S. The summed E-state index contributed by atoms with van der Waals surface area (Å²) in [5.74, 6) is -2.55. The molecule has 0 fully saturated rings. The first kappa shape index (κ1) is 17.1. The van der Waals surface area contributed by atoms with E-state index in [-0.39, 0.29) is 22.8 Å². The van der Waals surface area contributed by atoms with Gasteiger partial charge in [-0.1, -0.05) is 19.9 Å². The molecule has 0 aliphatic heterocycles. The van der Waals surface area contributed by atoms with Gasteiger partial charge in [0.05, 0.1) is 10.5 Å². The van der Waals surface area contributed by atoms with Crippen molar-refractivity contribution < 1.29 is 28.2 Å². The molecule has 0 radical (unpaired) electrons. The van der Waals surface area contributed by atoms with Crippen LogP contribution in [0.4, 0.5) is 0 Å². The van der Waals surface area contributed by atoms with Crippen LogP contribution < -0.4 is 4.72 Å². The summed E-state index contributed by atoms with van der Waals surface area (Å²) in [6, 6.07) is 3.48. The predicted octanol–water partition coefficient (Wildman–Crippen LogP) is 1.16. The summed E-state index contributed by atoms with van der Waals surface area (Å²) in [7, 11) is -4.10. The maximum Gasteiger partial charge on any atom is 0.335 e. The lowest BCUT2D eigenvalue weighted by Gasteiger charge is -2.16. The van der Waals surface area contributed by atoms with E-state index in [9.17, 15) is 18.0 Å². The molecule has 116 valence electrons. The van der Waals surface area contributed by atoms with E-state index in [0.29, 0.717) is 0 Å². The largest absolute Gasteiger partial charge is 0.480 e. The Bertz CT molecular complexity index is 638. The average Bonchev–Trinajstić information content (AvgIpc) is 2.37. The minimum Gasteiger partial charge on any atom is -0.480 e. The van der Waals surface area contributed by atoms with Crippen molar-refractivity contribution in [3.05, 3.63) is 29.8 Å². The average molecular weight is 315 g/mol. The third kappa shape index (κ3) is 4.83. The molecule has 8 heteroatoms. The second-order valence-electron chi connectivity index (χ2n) is 4.97. The smallest absolute Gasteiger partial charge is 0.335 e. The Morgan fingerprint density at radius 2 is 1.86 bits per heavy atom. The number of aliphatic carboxylic acids is 1. The molecule has 1 aromatic rings. The molecule has 0 aliphatic rings. The van der Waals surface area contributed by atoms with Crippen LogP contribution in [-0.4, -0.2) is 36.6 Å². The third-order valence-corrected chi connectivity index (χ3v) is 4.16. The summed E-state index contributed by atoms with van der Waals surface area (Å²) in [5, 5.41) is 17.9. The van der Waals surface area contributed by atoms with Crippen LogP contribution in [0.15, 0.2) is 29.2 Å². The van der Waals surface area contributed by atoms with Crippen LogP contribution in [0.1, 0.15) is 30.6 Å². The van der Waals surface area contributed by atoms with Crippen molar-refractivity contribution in [2.45, 2.75) is 31.2 Å². The molecule has 0 saturated heterocycles. The summed E-state index contributed by atoms with van der Waals surface area (Å²) in [6.07, 6.45) is 0.132. The zero-order valence-electron chi connectivity index (χ0n) is 11.6. The van der Waals surface area contributed by atoms with Gasteiger partial charge in [0, 0.05) is 0 Å². The zero-order chi connectivity index (χ0) is 16.2. The minimum atomic E-state index is -4.10. The van der Waals surface area contributed by atoms with E-state index in [1.807, 2.05) is 0 Å². The number of carboxylic acid groups (broad SMARTS) is 2. The fraction of sp³-hybridized carbons (Fsp3) is 0.385. The van der Waals surface area contributed by atoms with E-state index < -0.39 is 28.0 Å². The van der Waals surface area contributed by atoms with Crippen LogP contribution in [0, 0.1) is 5.92 Å². The molecular weight excluding hydrogens is 298 g/mol. The van der Waals surface area contributed by atoms with Crippen molar-refractivity contribution >= 4 is 22.0 Å². The summed E-state index contributed by atoms with van der Waals surface area (Å²) < 4.78 is 26.4. The monoisotopic (exact) mass is 315 g/mol. The van der Waals surface area contributed by atoms with Gasteiger partial charge in [-0.3, -0.25) is 4.79 Å². The van der Waals surface area contributed by atoms with E-state index in [1.165, 1.54) is 18.2 Å². The van der Waals surface area contributed by atoms with E-state index in [0.717, 1.165) is 6.07 Å². The van der Waals surface area contributed by atoms with Gasteiger partial charge in [0.1, 0.15) is 6.04 Å². The molecule has 0 saturated carbocycles. The first-order valence-corrected chi connectivity index (χ1v) is 7.70. The predicted molar refractivity (Wildman–Crippen MR) is 74.6 cm³/mol. The second kappa shape index (κ2) is 6.68. The molecule has 0 bridgehead atoms. The molecule has 21 heavy (non-hydrogen) atoms. The molecule has 0 aliphatic carbocycles. The fourth-order valence-corrected chi connectivity index (χ4v) is 2.97. The molecule has 0 aromatic heterocycles. The molecule has 0 amide bonds. The maximum absolute atomic E-state index is 12.1. The molecule has 7 nitrogen and oxygen atoms in total. The highest BCUT2D eigenvalue weighted by atomic mass is 32.2. The van der Waals surface area contributed by atoms with Gasteiger partial charge in [0.2, 0.25) is 10.0 Å². The number of hydrogen-bond donors (Lipinski definition) is 3. The summed E-state index contributed by atoms with van der Waals surface area (Å²) in [4.78, 5) is 21.7. The van der Waals surface area contributed by atoms with Crippen LogP contribution in [0.2, 0.25) is 0 Å². The zero-order valence-corrected chi connectivity index (χ0v) is 12.4.